The van der Waals surface area contributed by atoms with E-state index in [0.29, 0.717) is 12.6 Å². The lowest BCUT2D eigenvalue weighted by Crippen LogP contribution is -2.31. The highest BCUT2D eigenvalue weighted by Gasteiger charge is 2.23. The molecular formula is C29H32N6. The molecular weight excluding hydrogens is 432 g/mol. The Morgan fingerprint density at radius 2 is 1.71 bits per heavy atom. The maximum Gasteiger partial charge on any atom is 0.0896 e. The lowest BCUT2D eigenvalue weighted by Gasteiger charge is -2.20. The SMILES string of the molecule is CN(C)[C@@H]1CCN(Cc2ccc(-c3cncc(-c4cc(CN)nc(-c5ccccn5)c4)c3)cc2)C1. The third kappa shape index (κ3) is 5.46. The summed E-state index contributed by atoms with van der Waals surface area (Å²) in [6.45, 7) is 3.67. The molecule has 1 fully saturated rings. The van der Waals surface area contributed by atoms with Crippen LogP contribution in [0.2, 0.25) is 0 Å². The van der Waals surface area contributed by atoms with Crippen molar-refractivity contribution in [3.63, 3.8) is 0 Å². The first kappa shape index (κ1) is 23.3. The fourth-order valence-electron chi connectivity index (χ4n) is 4.70. The summed E-state index contributed by atoms with van der Waals surface area (Å²) in [6.07, 6.45) is 6.84. The van der Waals surface area contributed by atoms with Crippen LogP contribution in [0.1, 0.15) is 17.7 Å². The number of hydrogen-bond acceptors (Lipinski definition) is 6. The fourth-order valence-corrected chi connectivity index (χ4v) is 4.70. The standard InChI is InChI=1S/C29H32N6/c1-34(2)27-10-12-35(20-27)19-21-6-8-22(9-7-21)24-13-25(18-31-17-24)23-14-26(16-30)33-29(15-23)28-5-3-4-11-32-28/h3-9,11,13-15,17-18,27H,10,12,16,19-20,30H2,1-2H3/t27-/m1/s1. The van der Waals surface area contributed by atoms with Crippen LogP contribution in [0.25, 0.3) is 33.6 Å². The molecule has 1 aromatic carbocycles. The van der Waals surface area contributed by atoms with Crippen LogP contribution in [0.5, 0.6) is 0 Å². The lowest BCUT2D eigenvalue weighted by molar-refractivity contribution is 0.264. The molecule has 6 heteroatoms. The molecule has 35 heavy (non-hydrogen) atoms. The molecule has 1 atom stereocenters. The van der Waals surface area contributed by atoms with Crippen LogP contribution in [0.4, 0.5) is 0 Å². The average Bonchev–Trinajstić information content (AvgIpc) is 3.38. The Bertz CT molecular complexity index is 1270. The van der Waals surface area contributed by atoms with E-state index < -0.39 is 0 Å². The predicted octanol–water partition coefficient (Wildman–Crippen LogP) is 4.47. The molecule has 2 N–H and O–H groups in total. The Morgan fingerprint density at radius 3 is 2.40 bits per heavy atom. The number of likely N-dealkylation sites (N-methyl/N-ethyl adjacent to an activating group) is 1. The van der Waals surface area contributed by atoms with Gasteiger partial charge < -0.3 is 10.6 Å². The predicted molar refractivity (Wildman–Crippen MR) is 141 cm³/mol. The van der Waals surface area contributed by atoms with Gasteiger partial charge in [-0.2, -0.15) is 0 Å². The van der Waals surface area contributed by atoms with Crippen LogP contribution >= 0.6 is 0 Å². The quantitative estimate of drug-likeness (QED) is 0.435. The molecule has 4 heterocycles. The third-order valence-corrected chi connectivity index (χ3v) is 6.76. The zero-order valence-corrected chi connectivity index (χ0v) is 20.4. The Labute approximate surface area is 207 Å². The van der Waals surface area contributed by atoms with Crippen molar-refractivity contribution in [2.24, 2.45) is 5.73 Å². The van der Waals surface area contributed by atoms with E-state index in [9.17, 15) is 0 Å². The van der Waals surface area contributed by atoms with Crippen molar-refractivity contribution in [2.75, 3.05) is 27.2 Å². The van der Waals surface area contributed by atoms with E-state index in [2.05, 4.69) is 75.2 Å². The number of nitrogens with zero attached hydrogens (tertiary/aromatic N) is 5. The average molecular weight is 465 g/mol. The first-order valence-electron chi connectivity index (χ1n) is 12.1. The van der Waals surface area contributed by atoms with Gasteiger partial charge in [-0.05, 0) is 67.5 Å². The minimum Gasteiger partial charge on any atom is -0.325 e. The zero-order valence-electron chi connectivity index (χ0n) is 20.4. The summed E-state index contributed by atoms with van der Waals surface area (Å²) in [4.78, 5) is 18.6. The molecule has 0 aliphatic carbocycles. The summed E-state index contributed by atoms with van der Waals surface area (Å²) in [5.41, 5.74) is 14.1. The van der Waals surface area contributed by atoms with Crippen molar-refractivity contribution >= 4 is 0 Å². The second-order valence-corrected chi connectivity index (χ2v) is 9.45. The van der Waals surface area contributed by atoms with Crippen LogP contribution in [0.3, 0.4) is 0 Å². The summed E-state index contributed by atoms with van der Waals surface area (Å²) in [5, 5.41) is 0. The normalized spacial score (nSPS) is 16.2. The Hall–Kier alpha value is -3.45. The highest BCUT2D eigenvalue weighted by Crippen LogP contribution is 2.29. The van der Waals surface area contributed by atoms with Crippen molar-refractivity contribution in [1.29, 1.82) is 0 Å². The Morgan fingerprint density at radius 1 is 0.914 bits per heavy atom. The molecule has 5 rings (SSSR count). The van der Waals surface area contributed by atoms with Gasteiger partial charge in [-0.1, -0.05) is 30.3 Å². The number of pyridine rings is 3. The Balaban J connectivity index is 1.37. The summed E-state index contributed by atoms with van der Waals surface area (Å²) < 4.78 is 0. The van der Waals surface area contributed by atoms with Gasteiger partial charge in [0.2, 0.25) is 0 Å². The lowest BCUT2D eigenvalue weighted by atomic mass is 10.00. The molecule has 3 aromatic heterocycles. The van der Waals surface area contributed by atoms with Crippen LogP contribution in [0, 0.1) is 0 Å². The molecule has 4 aromatic rings. The van der Waals surface area contributed by atoms with Crippen LogP contribution in [-0.2, 0) is 13.1 Å². The van der Waals surface area contributed by atoms with Gasteiger partial charge in [-0.3, -0.25) is 14.9 Å². The third-order valence-electron chi connectivity index (χ3n) is 6.76. The monoisotopic (exact) mass is 464 g/mol. The van der Waals surface area contributed by atoms with E-state index in [1.807, 2.05) is 36.7 Å². The highest BCUT2D eigenvalue weighted by molar-refractivity contribution is 5.74. The molecule has 1 aliphatic heterocycles. The fraction of sp³-hybridized carbons (Fsp3) is 0.276. The van der Waals surface area contributed by atoms with Gasteiger partial charge >= 0.3 is 0 Å². The van der Waals surface area contributed by atoms with Crippen LogP contribution in [-0.4, -0.2) is 58.0 Å². The molecule has 6 nitrogen and oxygen atoms in total. The highest BCUT2D eigenvalue weighted by atomic mass is 15.2. The van der Waals surface area contributed by atoms with E-state index in [1.165, 1.54) is 12.0 Å². The van der Waals surface area contributed by atoms with Crippen LogP contribution in [0.15, 0.2) is 79.3 Å². The smallest absolute Gasteiger partial charge is 0.0896 e. The van der Waals surface area contributed by atoms with E-state index in [0.717, 1.165) is 59.0 Å². The number of nitrogens with two attached hydrogens (primary N) is 1. The van der Waals surface area contributed by atoms with Crippen molar-refractivity contribution in [2.45, 2.75) is 25.6 Å². The Kier molecular flexibility index (Phi) is 6.95. The number of hydrogen-bond donors (Lipinski definition) is 1. The van der Waals surface area contributed by atoms with Gasteiger partial charge in [0.25, 0.3) is 0 Å². The van der Waals surface area contributed by atoms with Crippen molar-refractivity contribution in [3.05, 3.63) is 90.5 Å². The van der Waals surface area contributed by atoms with Crippen molar-refractivity contribution in [3.8, 4) is 33.6 Å². The van der Waals surface area contributed by atoms with Gasteiger partial charge in [0.15, 0.2) is 0 Å². The molecule has 0 amide bonds. The molecule has 178 valence electrons. The molecule has 0 saturated carbocycles. The first-order chi connectivity index (χ1) is 17.1. The van der Waals surface area contributed by atoms with Gasteiger partial charge in [-0.15, -0.1) is 0 Å². The molecule has 1 saturated heterocycles. The summed E-state index contributed by atoms with van der Waals surface area (Å²) in [6, 6.07) is 21.7. The number of likely N-dealkylation sites (tertiary alicyclic amines) is 1. The van der Waals surface area contributed by atoms with Crippen molar-refractivity contribution in [1.82, 2.24) is 24.8 Å². The van der Waals surface area contributed by atoms with E-state index >= 15 is 0 Å². The molecule has 0 radical (unpaired) electrons. The topological polar surface area (TPSA) is 71.2 Å². The number of benzene rings is 1. The largest absolute Gasteiger partial charge is 0.325 e. The molecule has 0 spiro atoms. The van der Waals surface area contributed by atoms with E-state index in [-0.39, 0.29) is 0 Å². The minimum atomic E-state index is 0.370. The van der Waals surface area contributed by atoms with Gasteiger partial charge in [-0.25, -0.2) is 4.98 Å². The maximum atomic E-state index is 5.96. The first-order valence-corrected chi connectivity index (χ1v) is 12.1. The number of rotatable bonds is 7. The van der Waals surface area contributed by atoms with Gasteiger partial charge in [0.05, 0.1) is 17.1 Å². The minimum absolute atomic E-state index is 0.370. The molecule has 0 bridgehead atoms. The van der Waals surface area contributed by atoms with Crippen molar-refractivity contribution < 1.29 is 0 Å². The van der Waals surface area contributed by atoms with E-state index in [4.69, 9.17) is 5.73 Å². The van der Waals surface area contributed by atoms with Gasteiger partial charge in [0, 0.05) is 61.9 Å². The summed E-state index contributed by atoms with van der Waals surface area (Å²) in [7, 11) is 4.35. The molecule has 1 aliphatic rings. The van der Waals surface area contributed by atoms with Crippen LogP contribution < -0.4 is 5.73 Å². The maximum absolute atomic E-state index is 5.96. The second kappa shape index (κ2) is 10.4. The summed E-state index contributed by atoms with van der Waals surface area (Å²) in [5.74, 6) is 0. The summed E-state index contributed by atoms with van der Waals surface area (Å²) >= 11 is 0. The number of aromatic nitrogens is 3. The van der Waals surface area contributed by atoms with E-state index in [1.54, 1.807) is 6.20 Å². The van der Waals surface area contributed by atoms with Gasteiger partial charge in [0.1, 0.15) is 0 Å². The molecule has 0 unspecified atom stereocenters. The zero-order chi connectivity index (χ0) is 24.2. The second-order valence-electron chi connectivity index (χ2n) is 9.45.